The van der Waals surface area contributed by atoms with Crippen LogP contribution in [0.5, 0.6) is 0 Å². The van der Waals surface area contributed by atoms with E-state index in [0.29, 0.717) is 0 Å². The SMILES string of the molecule is Cc1cccc(-c2ccc3c(c2)c2cc(-c4cccc(C)c4)ccc2n3-c2ccc(-c3ccc(-n4c5ccc(-c6cccc(C)c6)cc5c5cc(-c6cccc(C)c6)ccc54)cc3)cc2)c1. The van der Waals surface area contributed by atoms with E-state index in [0.717, 1.165) is 11.4 Å². The molecule has 0 fully saturated rings. The van der Waals surface area contributed by atoms with Gasteiger partial charge in [-0.15, -0.1) is 0 Å². The van der Waals surface area contributed by atoms with Gasteiger partial charge in [-0.2, -0.15) is 0 Å². The highest BCUT2D eigenvalue weighted by Gasteiger charge is 2.18. The molecule has 0 saturated carbocycles. The molecule has 2 heteroatoms. The lowest BCUT2D eigenvalue weighted by atomic mass is 9.99. The van der Waals surface area contributed by atoms with Crippen LogP contribution in [0.2, 0.25) is 0 Å². The molecule has 0 aliphatic rings. The van der Waals surface area contributed by atoms with E-state index in [9.17, 15) is 0 Å². The van der Waals surface area contributed by atoms with Gasteiger partial charge in [-0.3, -0.25) is 0 Å². The molecule has 12 aromatic rings. The molecule has 0 bridgehead atoms. The fourth-order valence-electron chi connectivity index (χ4n) is 10.2. The molecular weight excluding hydrogens is 797 g/mol. The number of hydrogen-bond acceptors (Lipinski definition) is 0. The molecule has 0 N–H and O–H groups in total. The van der Waals surface area contributed by atoms with E-state index in [1.54, 1.807) is 0 Å². The Labute approximate surface area is 386 Å². The van der Waals surface area contributed by atoms with Gasteiger partial charge in [-0.25, -0.2) is 0 Å². The van der Waals surface area contributed by atoms with Gasteiger partial charge < -0.3 is 9.13 Å². The Morgan fingerprint density at radius 3 is 0.682 bits per heavy atom. The van der Waals surface area contributed by atoms with Crippen LogP contribution < -0.4 is 0 Å². The summed E-state index contributed by atoms with van der Waals surface area (Å²) < 4.78 is 4.85. The summed E-state index contributed by atoms with van der Waals surface area (Å²) in [5.41, 5.74) is 24.3. The Hall–Kier alpha value is -8.20. The number of aryl methyl sites for hydroxylation is 4. The quantitative estimate of drug-likeness (QED) is 0.151. The molecule has 0 spiro atoms. The number of rotatable bonds is 7. The molecule has 0 aliphatic heterocycles. The van der Waals surface area contributed by atoms with Gasteiger partial charge in [0.1, 0.15) is 0 Å². The lowest BCUT2D eigenvalue weighted by molar-refractivity contribution is 1.18. The van der Waals surface area contributed by atoms with E-state index < -0.39 is 0 Å². The summed E-state index contributed by atoms with van der Waals surface area (Å²) in [5, 5.41) is 5.00. The van der Waals surface area contributed by atoms with Crippen molar-refractivity contribution in [1.29, 1.82) is 0 Å². The summed E-state index contributed by atoms with van der Waals surface area (Å²) in [6, 6.07) is 81.2. The van der Waals surface area contributed by atoms with Gasteiger partial charge >= 0.3 is 0 Å². The molecule has 10 aromatic carbocycles. The molecule has 12 rings (SSSR count). The Bertz CT molecular complexity index is 3380. The van der Waals surface area contributed by atoms with Gasteiger partial charge in [-0.05, 0) is 156 Å². The minimum atomic E-state index is 1.14. The number of nitrogens with zero attached hydrogens (tertiary/aromatic N) is 2. The zero-order chi connectivity index (χ0) is 44.5. The van der Waals surface area contributed by atoms with Crippen LogP contribution in [0.1, 0.15) is 22.3 Å². The molecule has 0 saturated heterocycles. The minimum Gasteiger partial charge on any atom is -0.309 e. The van der Waals surface area contributed by atoms with E-state index in [2.05, 4.69) is 255 Å². The van der Waals surface area contributed by atoms with Crippen molar-refractivity contribution in [3.8, 4) is 67.0 Å². The van der Waals surface area contributed by atoms with Crippen molar-refractivity contribution in [3.63, 3.8) is 0 Å². The normalized spacial score (nSPS) is 11.6. The van der Waals surface area contributed by atoms with E-state index in [-0.39, 0.29) is 0 Å². The summed E-state index contributed by atoms with van der Waals surface area (Å²) in [6.07, 6.45) is 0. The number of aromatic nitrogens is 2. The van der Waals surface area contributed by atoms with Crippen molar-refractivity contribution in [2.24, 2.45) is 0 Å². The van der Waals surface area contributed by atoms with Gasteiger partial charge in [0.15, 0.2) is 0 Å². The van der Waals surface area contributed by atoms with Crippen molar-refractivity contribution < 1.29 is 0 Å². The van der Waals surface area contributed by atoms with Gasteiger partial charge in [-0.1, -0.05) is 168 Å². The maximum atomic E-state index is 2.43. The number of benzene rings is 10. The molecule has 0 amide bonds. The Morgan fingerprint density at radius 2 is 0.439 bits per heavy atom. The molecule has 0 unspecified atom stereocenters. The summed E-state index contributed by atoms with van der Waals surface area (Å²) >= 11 is 0. The van der Waals surface area contributed by atoms with Gasteiger partial charge in [0, 0.05) is 32.9 Å². The molecular formula is C64H48N2. The second-order valence-electron chi connectivity index (χ2n) is 18.2. The lowest BCUT2D eigenvalue weighted by Gasteiger charge is -2.12. The third kappa shape index (κ3) is 6.90. The Balaban J connectivity index is 0.930. The van der Waals surface area contributed by atoms with Crippen LogP contribution in [-0.4, -0.2) is 9.13 Å². The van der Waals surface area contributed by atoms with Crippen LogP contribution in [0.25, 0.3) is 111 Å². The van der Waals surface area contributed by atoms with E-state index in [4.69, 9.17) is 0 Å². The third-order valence-corrected chi connectivity index (χ3v) is 13.5. The highest BCUT2D eigenvalue weighted by molar-refractivity contribution is 6.13. The first-order valence-corrected chi connectivity index (χ1v) is 23.0. The second kappa shape index (κ2) is 15.8. The van der Waals surface area contributed by atoms with Crippen LogP contribution >= 0.6 is 0 Å². The predicted octanol–water partition coefficient (Wildman–Crippen LogP) is 17.4. The van der Waals surface area contributed by atoms with E-state index in [1.807, 2.05) is 0 Å². The van der Waals surface area contributed by atoms with Gasteiger partial charge in [0.2, 0.25) is 0 Å². The highest BCUT2D eigenvalue weighted by Crippen LogP contribution is 2.40. The zero-order valence-electron chi connectivity index (χ0n) is 37.7. The average molecular weight is 845 g/mol. The molecule has 2 heterocycles. The van der Waals surface area contributed by atoms with Crippen molar-refractivity contribution in [1.82, 2.24) is 9.13 Å². The molecule has 66 heavy (non-hydrogen) atoms. The molecule has 2 aromatic heterocycles. The van der Waals surface area contributed by atoms with Crippen molar-refractivity contribution in [2.45, 2.75) is 27.7 Å². The van der Waals surface area contributed by atoms with E-state index >= 15 is 0 Å². The van der Waals surface area contributed by atoms with Gasteiger partial charge in [0.25, 0.3) is 0 Å². The smallest absolute Gasteiger partial charge is 0.0541 e. The first-order valence-electron chi connectivity index (χ1n) is 23.0. The lowest BCUT2D eigenvalue weighted by Crippen LogP contribution is -1.95. The highest BCUT2D eigenvalue weighted by atomic mass is 15.0. The van der Waals surface area contributed by atoms with Crippen LogP contribution in [0.15, 0.2) is 218 Å². The molecule has 0 aliphatic carbocycles. The first kappa shape index (κ1) is 39.4. The largest absolute Gasteiger partial charge is 0.309 e. The van der Waals surface area contributed by atoms with Crippen LogP contribution in [0.3, 0.4) is 0 Å². The molecule has 0 atom stereocenters. The number of fused-ring (bicyclic) bond motifs is 6. The zero-order valence-corrected chi connectivity index (χ0v) is 37.7. The number of hydrogen-bond donors (Lipinski definition) is 0. The third-order valence-electron chi connectivity index (χ3n) is 13.5. The van der Waals surface area contributed by atoms with Crippen LogP contribution in [0.4, 0.5) is 0 Å². The van der Waals surface area contributed by atoms with Crippen molar-refractivity contribution >= 4 is 43.6 Å². The predicted molar refractivity (Wildman–Crippen MR) is 281 cm³/mol. The monoisotopic (exact) mass is 844 g/mol. The maximum absolute atomic E-state index is 2.43. The fraction of sp³-hybridized carbons (Fsp3) is 0.0625. The molecule has 2 nitrogen and oxygen atoms in total. The summed E-state index contributed by atoms with van der Waals surface area (Å²) in [4.78, 5) is 0. The van der Waals surface area contributed by atoms with Gasteiger partial charge in [0.05, 0.1) is 22.1 Å². The molecule has 314 valence electrons. The Kier molecular flexibility index (Phi) is 9.43. The minimum absolute atomic E-state index is 1.14. The first-order chi connectivity index (χ1) is 32.3. The Morgan fingerprint density at radius 1 is 0.212 bits per heavy atom. The van der Waals surface area contributed by atoms with Crippen LogP contribution in [0, 0.1) is 27.7 Å². The fourth-order valence-corrected chi connectivity index (χ4v) is 10.2. The topological polar surface area (TPSA) is 9.86 Å². The molecule has 0 radical (unpaired) electrons. The average Bonchev–Trinajstić information content (AvgIpc) is 3.85. The summed E-state index contributed by atoms with van der Waals surface area (Å²) in [7, 11) is 0. The second-order valence-corrected chi connectivity index (χ2v) is 18.2. The standard InChI is InChI=1S/C64H48N2/c1-41-9-5-13-47(33-41)51-21-29-61-57(37-51)58-38-52(48-14-6-10-42(2)34-48)22-30-62(58)65(61)55-25-17-45(18-26-55)46-19-27-56(28-20-46)66-63-31-23-53(49-15-7-11-43(3)35-49)39-59(63)60-40-54(24-32-64(60)66)50-16-8-12-44(4)36-50/h5-40H,1-4H3. The summed E-state index contributed by atoms with van der Waals surface area (Å²) in [5.74, 6) is 0. The summed E-state index contributed by atoms with van der Waals surface area (Å²) in [6.45, 7) is 8.65. The van der Waals surface area contributed by atoms with Crippen LogP contribution in [-0.2, 0) is 0 Å². The van der Waals surface area contributed by atoms with E-state index in [1.165, 1.54) is 122 Å². The maximum Gasteiger partial charge on any atom is 0.0541 e. The van der Waals surface area contributed by atoms with Crippen molar-refractivity contribution in [3.05, 3.63) is 241 Å². The van der Waals surface area contributed by atoms with Crippen molar-refractivity contribution in [2.75, 3.05) is 0 Å².